The van der Waals surface area contributed by atoms with Gasteiger partial charge in [-0.05, 0) is 44.9 Å². The minimum atomic E-state index is -2.28. The number of alkyl halides is 2. The summed E-state index contributed by atoms with van der Waals surface area (Å²) in [6.45, 7) is 9.95. The fraction of sp³-hybridized carbons (Fsp3) is 0.647. The van der Waals surface area contributed by atoms with Gasteiger partial charge in [0.25, 0.3) is 6.43 Å². The highest BCUT2D eigenvalue weighted by atomic mass is 19.3. The van der Waals surface area contributed by atoms with Crippen LogP contribution < -0.4 is 5.32 Å². The van der Waals surface area contributed by atoms with E-state index < -0.39 is 6.43 Å². The van der Waals surface area contributed by atoms with Gasteiger partial charge in [-0.3, -0.25) is 4.90 Å². The molecule has 0 saturated heterocycles. The van der Waals surface area contributed by atoms with Crippen LogP contribution in [0.25, 0.3) is 0 Å². The van der Waals surface area contributed by atoms with Gasteiger partial charge in [0.2, 0.25) is 0 Å². The van der Waals surface area contributed by atoms with Crippen LogP contribution in [0.5, 0.6) is 0 Å². The molecule has 2 nitrogen and oxygen atoms in total. The van der Waals surface area contributed by atoms with E-state index in [0.29, 0.717) is 12.5 Å². The topological polar surface area (TPSA) is 15.3 Å². The van der Waals surface area contributed by atoms with Crippen molar-refractivity contribution in [1.29, 1.82) is 0 Å². The molecule has 0 aliphatic carbocycles. The number of nitrogens with one attached hydrogen (secondary N) is 1. The molecule has 1 atom stereocenters. The summed E-state index contributed by atoms with van der Waals surface area (Å²) in [5.74, 6) is 0.428. The van der Waals surface area contributed by atoms with E-state index in [-0.39, 0.29) is 12.1 Å². The monoisotopic (exact) mass is 298 g/mol. The Morgan fingerprint density at radius 1 is 1.14 bits per heavy atom. The molecule has 0 aliphatic rings. The first-order valence-electron chi connectivity index (χ1n) is 7.48. The van der Waals surface area contributed by atoms with E-state index in [1.807, 2.05) is 12.1 Å². The van der Waals surface area contributed by atoms with E-state index in [1.54, 1.807) is 11.9 Å². The molecule has 1 unspecified atom stereocenters. The maximum absolute atomic E-state index is 12.3. The molecule has 0 amide bonds. The summed E-state index contributed by atoms with van der Waals surface area (Å²) in [6, 6.07) is 8.26. The Bertz CT molecular complexity index is 410. The Hall–Kier alpha value is -1.00. The summed E-state index contributed by atoms with van der Waals surface area (Å²) in [4.78, 5) is 1.64. The molecule has 21 heavy (non-hydrogen) atoms. The second-order valence-corrected chi connectivity index (χ2v) is 6.86. The van der Waals surface area contributed by atoms with Crippen molar-refractivity contribution in [1.82, 2.24) is 10.2 Å². The number of hydrogen-bond acceptors (Lipinski definition) is 2. The summed E-state index contributed by atoms with van der Waals surface area (Å²) in [6.07, 6.45) is -2.28. The maximum Gasteiger partial charge on any atom is 0.251 e. The molecule has 1 aromatic rings. The number of benzene rings is 1. The van der Waals surface area contributed by atoms with Crippen LogP contribution in [0.15, 0.2) is 24.3 Å². The average molecular weight is 298 g/mol. The van der Waals surface area contributed by atoms with Gasteiger partial charge in [-0.15, -0.1) is 0 Å². The second kappa shape index (κ2) is 7.85. The van der Waals surface area contributed by atoms with Gasteiger partial charge in [-0.2, -0.15) is 0 Å². The van der Waals surface area contributed by atoms with Crippen molar-refractivity contribution in [3.05, 3.63) is 35.4 Å². The molecule has 4 heteroatoms. The van der Waals surface area contributed by atoms with Crippen LogP contribution in [-0.4, -0.2) is 37.0 Å². The number of nitrogens with zero attached hydrogens (tertiary/aromatic N) is 1. The predicted octanol–water partition coefficient (Wildman–Crippen LogP) is 3.88. The fourth-order valence-corrected chi connectivity index (χ4v) is 2.14. The molecule has 1 N–H and O–H groups in total. The lowest BCUT2D eigenvalue weighted by Gasteiger charge is -2.24. The quantitative estimate of drug-likeness (QED) is 0.822. The van der Waals surface area contributed by atoms with Crippen molar-refractivity contribution >= 4 is 0 Å². The average Bonchev–Trinajstić information content (AvgIpc) is 2.35. The molecule has 1 aromatic carbocycles. The molecule has 0 radical (unpaired) electrons. The van der Waals surface area contributed by atoms with Crippen molar-refractivity contribution in [2.45, 2.75) is 52.1 Å². The van der Waals surface area contributed by atoms with Gasteiger partial charge in [0.05, 0.1) is 6.54 Å². The molecule has 120 valence electrons. The molecule has 0 spiro atoms. The van der Waals surface area contributed by atoms with Gasteiger partial charge >= 0.3 is 0 Å². The normalized spacial score (nSPS) is 14.0. The van der Waals surface area contributed by atoms with Crippen LogP contribution in [0.3, 0.4) is 0 Å². The third-order valence-corrected chi connectivity index (χ3v) is 3.39. The Morgan fingerprint density at radius 3 is 2.19 bits per heavy atom. The van der Waals surface area contributed by atoms with E-state index in [2.05, 4.69) is 45.1 Å². The molecule has 0 aliphatic heterocycles. The van der Waals surface area contributed by atoms with Gasteiger partial charge in [0.15, 0.2) is 0 Å². The lowest BCUT2D eigenvalue weighted by molar-refractivity contribution is 0.0975. The predicted molar refractivity (Wildman–Crippen MR) is 85.0 cm³/mol. The van der Waals surface area contributed by atoms with Gasteiger partial charge in [0, 0.05) is 18.6 Å². The van der Waals surface area contributed by atoms with Gasteiger partial charge in [0.1, 0.15) is 0 Å². The van der Waals surface area contributed by atoms with E-state index in [4.69, 9.17) is 0 Å². The van der Waals surface area contributed by atoms with Crippen molar-refractivity contribution in [3.63, 3.8) is 0 Å². The summed E-state index contributed by atoms with van der Waals surface area (Å²) >= 11 is 0. The summed E-state index contributed by atoms with van der Waals surface area (Å²) < 4.78 is 24.6. The zero-order valence-electron chi connectivity index (χ0n) is 13.8. The molecule has 0 fully saturated rings. The van der Waals surface area contributed by atoms with E-state index in [1.165, 1.54) is 5.56 Å². The molecule has 1 rings (SSSR count). The lowest BCUT2D eigenvalue weighted by Crippen LogP contribution is -2.38. The van der Waals surface area contributed by atoms with Crippen molar-refractivity contribution in [2.24, 2.45) is 0 Å². The van der Waals surface area contributed by atoms with Gasteiger partial charge in [-0.25, -0.2) is 8.78 Å². The minimum absolute atomic E-state index is 0.117. The van der Waals surface area contributed by atoms with Crippen LogP contribution in [-0.2, 0) is 6.54 Å². The molecule has 0 aromatic heterocycles. The third kappa shape index (κ3) is 7.53. The Labute approximate surface area is 127 Å². The van der Waals surface area contributed by atoms with Crippen LogP contribution in [0.4, 0.5) is 8.78 Å². The number of halogens is 2. The van der Waals surface area contributed by atoms with Gasteiger partial charge in [-0.1, -0.05) is 31.2 Å². The van der Waals surface area contributed by atoms with Crippen molar-refractivity contribution in [2.75, 3.05) is 20.1 Å². The first-order chi connectivity index (χ1) is 9.67. The van der Waals surface area contributed by atoms with Crippen molar-refractivity contribution in [3.8, 4) is 0 Å². The molecular weight excluding hydrogens is 270 g/mol. The van der Waals surface area contributed by atoms with Crippen LogP contribution in [0.1, 0.15) is 44.7 Å². The third-order valence-electron chi connectivity index (χ3n) is 3.39. The SMILES string of the molecule is CC(CNC(C)(C)C)c1ccc(CN(C)CC(F)F)cc1. The fourth-order valence-electron chi connectivity index (χ4n) is 2.14. The smallest absolute Gasteiger partial charge is 0.251 e. The molecular formula is C17H28F2N2. The van der Waals surface area contributed by atoms with Crippen molar-refractivity contribution < 1.29 is 8.78 Å². The first-order valence-corrected chi connectivity index (χ1v) is 7.48. The highest BCUT2D eigenvalue weighted by molar-refractivity contribution is 5.25. The first kappa shape index (κ1) is 18.1. The molecule has 0 bridgehead atoms. The highest BCUT2D eigenvalue weighted by Gasteiger charge is 2.13. The summed E-state index contributed by atoms with van der Waals surface area (Å²) in [5, 5.41) is 3.50. The van der Waals surface area contributed by atoms with E-state index >= 15 is 0 Å². The Kier molecular flexibility index (Phi) is 6.75. The summed E-state index contributed by atoms with van der Waals surface area (Å²) in [5.41, 5.74) is 2.46. The van der Waals surface area contributed by atoms with Gasteiger partial charge < -0.3 is 5.32 Å². The highest BCUT2D eigenvalue weighted by Crippen LogP contribution is 2.17. The molecule has 0 saturated carbocycles. The van der Waals surface area contributed by atoms with Crippen LogP contribution in [0.2, 0.25) is 0 Å². The Morgan fingerprint density at radius 2 is 1.71 bits per heavy atom. The zero-order chi connectivity index (χ0) is 16.0. The van der Waals surface area contributed by atoms with Crippen LogP contribution in [0, 0.1) is 0 Å². The second-order valence-electron chi connectivity index (χ2n) is 6.86. The Balaban J connectivity index is 2.53. The maximum atomic E-state index is 12.3. The number of hydrogen-bond donors (Lipinski definition) is 1. The zero-order valence-corrected chi connectivity index (χ0v) is 13.8. The van der Waals surface area contributed by atoms with E-state index in [9.17, 15) is 8.78 Å². The van der Waals surface area contributed by atoms with Crippen LogP contribution >= 0.6 is 0 Å². The largest absolute Gasteiger partial charge is 0.311 e. The number of rotatable bonds is 7. The standard InChI is InChI=1S/C17H28F2N2/c1-13(10-20-17(2,3)4)15-8-6-14(7-9-15)11-21(5)12-16(18)19/h6-9,13,16,20H,10-12H2,1-5H3. The van der Waals surface area contributed by atoms with E-state index in [0.717, 1.165) is 12.1 Å². The minimum Gasteiger partial charge on any atom is -0.311 e. The molecule has 0 heterocycles. The lowest BCUT2D eigenvalue weighted by atomic mass is 9.98. The summed E-state index contributed by atoms with van der Waals surface area (Å²) in [7, 11) is 1.72.